The van der Waals surface area contributed by atoms with E-state index in [4.69, 9.17) is 0 Å². The third kappa shape index (κ3) is 4.70. The maximum absolute atomic E-state index is 10.2. The van der Waals surface area contributed by atoms with Crippen LogP contribution in [-0.4, -0.2) is 22.6 Å². The molecule has 0 aliphatic carbocycles. The monoisotopic (exact) mass is 422 g/mol. The molecule has 0 spiro atoms. The van der Waals surface area contributed by atoms with Crippen molar-refractivity contribution in [2.75, 3.05) is 0 Å². The van der Waals surface area contributed by atoms with Crippen LogP contribution in [0.25, 0.3) is 10.8 Å². The Labute approximate surface area is 188 Å². The molecule has 0 heterocycles. The van der Waals surface area contributed by atoms with Gasteiger partial charge in [-0.15, -0.1) is 0 Å². The lowest BCUT2D eigenvalue weighted by atomic mass is 10.1. The first-order valence-electron chi connectivity index (χ1n) is 10.8. The van der Waals surface area contributed by atoms with Crippen LogP contribution in [0, 0.1) is 0 Å². The zero-order chi connectivity index (χ0) is 22.5. The number of phenolic OH excluding ortho intramolecular Hbond substituents is 2. The molecule has 0 atom stereocenters. The molecule has 0 aromatic heterocycles. The second-order valence-electron chi connectivity index (χ2n) is 7.70. The summed E-state index contributed by atoms with van der Waals surface area (Å²) < 4.78 is 0. The van der Waals surface area contributed by atoms with Crippen LogP contribution in [-0.2, 0) is 12.8 Å². The van der Waals surface area contributed by atoms with Crippen LogP contribution in [0.4, 0.5) is 11.4 Å². The second kappa shape index (κ2) is 9.48. The molecule has 4 aromatic carbocycles. The lowest BCUT2D eigenvalue weighted by molar-refractivity contribution is 0.473. The Morgan fingerprint density at radius 3 is 1.47 bits per heavy atom. The number of hydrogen-bond acceptors (Lipinski definition) is 4. The largest absolute Gasteiger partial charge is 0.507 e. The van der Waals surface area contributed by atoms with E-state index in [0.29, 0.717) is 22.5 Å². The summed E-state index contributed by atoms with van der Waals surface area (Å²) in [7, 11) is 0. The van der Waals surface area contributed by atoms with Gasteiger partial charge in [-0.25, -0.2) is 0 Å². The molecule has 2 N–H and O–H groups in total. The standard InChI is InChI=1S/C28H26N2O2/c1-3-19-9-11-27(31)23(13-19)17-29-25-15-21-7-5-6-8-22(21)16-26(25)30-18-24-14-20(4-2)10-12-28(24)32/h5-18,31-32H,3-4H2,1-2H3. The molecule has 0 saturated heterocycles. The number of aromatic hydroxyl groups is 2. The average Bonchev–Trinajstić information content (AvgIpc) is 2.82. The van der Waals surface area contributed by atoms with E-state index in [1.807, 2.05) is 60.7 Å². The molecule has 160 valence electrons. The van der Waals surface area contributed by atoms with Crippen LogP contribution in [0.3, 0.4) is 0 Å². The van der Waals surface area contributed by atoms with Crippen molar-refractivity contribution >= 4 is 34.6 Å². The molecule has 4 nitrogen and oxygen atoms in total. The Balaban J connectivity index is 1.78. The van der Waals surface area contributed by atoms with E-state index in [1.165, 1.54) is 0 Å². The molecule has 0 aliphatic rings. The van der Waals surface area contributed by atoms with Crippen LogP contribution in [0.5, 0.6) is 11.5 Å². The van der Waals surface area contributed by atoms with Crippen molar-refractivity contribution in [1.29, 1.82) is 0 Å². The summed E-state index contributed by atoms with van der Waals surface area (Å²) in [5.74, 6) is 0.385. The molecular formula is C28H26N2O2. The zero-order valence-electron chi connectivity index (χ0n) is 18.3. The molecule has 0 amide bonds. The number of aryl methyl sites for hydroxylation is 2. The van der Waals surface area contributed by atoms with Gasteiger partial charge in [-0.2, -0.15) is 0 Å². The first kappa shape index (κ1) is 21.3. The predicted molar refractivity (Wildman–Crippen MR) is 133 cm³/mol. The van der Waals surface area contributed by atoms with Gasteiger partial charge in [0.2, 0.25) is 0 Å². The normalized spacial score (nSPS) is 11.7. The highest BCUT2D eigenvalue weighted by Crippen LogP contribution is 2.34. The molecule has 4 heteroatoms. The summed E-state index contributed by atoms with van der Waals surface area (Å²) in [5, 5.41) is 22.6. The fraction of sp³-hybridized carbons (Fsp3) is 0.143. The van der Waals surface area contributed by atoms with Gasteiger partial charge in [0.05, 0.1) is 11.4 Å². The highest BCUT2D eigenvalue weighted by Gasteiger charge is 2.06. The zero-order valence-corrected chi connectivity index (χ0v) is 18.3. The number of phenols is 2. The van der Waals surface area contributed by atoms with Gasteiger partial charge in [0, 0.05) is 23.6 Å². The van der Waals surface area contributed by atoms with Crippen molar-refractivity contribution in [3.05, 3.63) is 95.1 Å². The van der Waals surface area contributed by atoms with Crippen LogP contribution in [0.2, 0.25) is 0 Å². The molecule has 0 radical (unpaired) electrons. The minimum absolute atomic E-state index is 0.193. The first-order chi connectivity index (χ1) is 15.6. The van der Waals surface area contributed by atoms with Crippen molar-refractivity contribution in [3.8, 4) is 11.5 Å². The highest BCUT2D eigenvalue weighted by atomic mass is 16.3. The van der Waals surface area contributed by atoms with Crippen LogP contribution < -0.4 is 0 Å². The van der Waals surface area contributed by atoms with Gasteiger partial charge in [0.1, 0.15) is 11.5 Å². The first-order valence-corrected chi connectivity index (χ1v) is 10.8. The lowest BCUT2D eigenvalue weighted by Gasteiger charge is -2.06. The van der Waals surface area contributed by atoms with E-state index in [9.17, 15) is 10.2 Å². The molecule has 0 unspecified atom stereocenters. The highest BCUT2D eigenvalue weighted by molar-refractivity contribution is 5.95. The van der Waals surface area contributed by atoms with Crippen molar-refractivity contribution in [3.63, 3.8) is 0 Å². The third-order valence-corrected chi connectivity index (χ3v) is 5.53. The summed E-state index contributed by atoms with van der Waals surface area (Å²) in [6, 6.07) is 23.1. The summed E-state index contributed by atoms with van der Waals surface area (Å²) in [5.41, 5.74) is 4.97. The van der Waals surface area contributed by atoms with Crippen LogP contribution in [0.1, 0.15) is 36.1 Å². The quantitative estimate of drug-likeness (QED) is 0.333. The Morgan fingerprint density at radius 2 is 1.06 bits per heavy atom. The number of nitrogens with zero attached hydrogens (tertiary/aromatic N) is 2. The van der Waals surface area contributed by atoms with Gasteiger partial charge < -0.3 is 10.2 Å². The SMILES string of the molecule is CCc1ccc(O)c(C=Nc2cc3ccccc3cc2N=Cc2cc(CC)ccc2O)c1. The van der Waals surface area contributed by atoms with E-state index in [2.05, 4.69) is 23.8 Å². The summed E-state index contributed by atoms with van der Waals surface area (Å²) >= 11 is 0. The summed E-state index contributed by atoms with van der Waals surface area (Å²) in [6.07, 6.45) is 5.11. The molecule has 4 rings (SSSR count). The molecule has 0 fully saturated rings. The third-order valence-electron chi connectivity index (χ3n) is 5.53. The summed E-state index contributed by atoms with van der Waals surface area (Å²) in [4.78, 5) is 9.34. The minimum atomic E-state index is 0.193. The van der Waals surface area contributed by atoms with Gasteiger partial charge >= 0.3 is 0 Å². The van der Waals surface area contributed by atoms with Gasteiger partial charge in [-0.1, -0.05) is 50.2 Å². The van der Waals surface area contributed by atoms with Gasteiger partial charge in [0.15, 0.2) is 0 Å². The number of rotatable bonds is 6. The fourth-order valence-corrected chi connectivity index (χ4v) is 3.56. The number of aliphatic imine (C=N–C) groups is 2. The van der Waals surface area contributed by atoms with E-state index in [-0.39, 0.29) is 11.5 Å². The van der Waals surface area contributed by atoms with E-state index >= 15 is 0 Å². The number of fused-ring (bicyclic) bond motifs is 1. The predicted octanol–water partition coefficient (Wildman–Crippen LogP) is 6.88. The van der Waals surface area contributed by atoms with Gasteiger partial charge in [0.25, 0.3) is 0 Å². The summed E-state index contributed by atoms with van der Waals surface area (Å²) in [6.45, 7) is 4.15. The minimum Gasteiger partial charge on any atom is -0.507 e. The Morgan fingerprint density at radius 1 is 0.625 bits per heavy atom. The molecule has 0 bridgehead atoms. The fourth-order valence-electron chi connectivity index (χ4n) is 3.56. The van der Waals surface area contributed by atoms with Crippen LogP contribution in [0.15, 0.2) is 82.8 Å². The van der Waals surface area contributed by atoms with Gasteiger partial charge in [-0.05, 0) is 71.1 Å². The molecular weight excluding hydrogens is 396 g/mol. The Bertz CT molecular complexity index is 1220. The van der Waals surface area contributed by atoms with Gasteiger partial charge in [-0.3, -0.25) is 9.98 Å². The molecule has 32 heavy (non-hydrogen) atoms. The lowest BCUT2D eigenvalue weighted by Crippen LogP contribution is -1.88. The Kier molecular flexibility index (Phi) is 6.31. The van der Waals surface area contributed by atoms with E-state index in [0.717, 1.165) is 34.7 Å². The van der Waals surface area contributed by atoms with Crippen molar-refractivity contribution in [1.82, 2.24) is 0 Å². The van der Waals surface area contributed by atoms with E-state index in [1.54, 1.807) is 24.6 Å². The maximum Gasteiger partial charge on any atom is 0.124 e. The maximum atomic E-state index is 10.2. The van der Waals surface area contributed by atoms with E-state index < -0.39 is 0 Å². The topological polar surface area (TPSA) is 65.2 Å². The molecule has 0 saturated carbocycles. The second-order valence-corrected chi connectivity index (χ2v) is 7.70. The molecule has 0 aliphatic heterocycles. The average molecular weight is 423 g/mol. The van der Waals surface area contributed by atoms with Crippen molar-refractivity contribution < 1.29 is 10.2 Å². The van der Waals surface area contributed by atoms with Crippen molar-refractivity contribution in [2.45, 2.75) is 26.7 Å². The Hall–Kier alpha value is -3.92. The number of hydrogen-bond donors (Lipinski definition) is 2. The van der Waals surface area contributed by atoms with Crippen LogP contribution >= 0.6 is 0 Å². The molecule has 4 aromatic rings. The smallest absolute Gasteiger partial charge is 0.124 e. The van der Waals surface area contributed by atoms with Crippen molar-refractivity contribution in [2.24, 2.45) is 9.98 Å². The number of benzene rings is 4.